The molecule has 0 bridgehead atoms. The number of nitrogens with zero attached hydrogens (tertiary/aromatic N) is 3. The van der Waals surface area contributed by atoms with Gasteiger partial charge in [-0.15, -0.1) is 0 Å². The minimum Gasteiger partial charge on any atom is -0.382 e. The molecule has 5 heteroatoms. The lowest BCUT2D eigenvalue weighted by Gasteiger charge is -1.94. The lowest BCUT2D eigenvalue weighted by Crippen LogP contribution is -1.95. The van der Waals surface area contributed by atoms with Gasteiger partial charge in [0, 0.05) is 12.4 Å². The molecule has 2 aromatic rings. The maximum atomic E-state index is 5.62. The van der Waals surface area contributed by atoms with Gasteiger partial charge in [-0.1, -0.05) is 0 Å². The molecule has 0 aliphatic carbocycles. The van der Waals surface area contributed by atoms with Gasteiger partial charge in [0.15, 0.2) is 5.82 Å². The third-order valence-electron chi connectivity index (χ3n) is 1.41. The SMILES string of the molecule is Nc1nccn2ncc(I)c12. The number of halogens is 1. The molecule has 2 aromatic heterocycles. The van der Waals surface area contributed by atoms with Crippen LogP contribution in [0, 0.1) is 3.57 Å². The van der Waals surface area contributed by atoms with Crippen molar-refractivity contribution >= 4 is 33.9 Å². The number of nitrogen functional groups attached to an aromatic ring is 1. The first-order valence-electron chi connectivity index (χ1n) is 3.02. The van der Waals surface area contributed by atoms with Crippen molar-refractivity contribution in [1.29, 1.82) is 0 Å². The summed E-state index contributed by atoms with van der Waals surface area (Å²) in [6.45, 7) is 0. The van der Waals surface area contributed by atoms with Crippen molar-refractivity contribution in [1.82, 2.24) is 14.6 Å². The van der Waals surface area contributed by atoms with Gasteiger partial charge < -0.3 is 5.73 Å². The first-order chi connectivity index (χ1) is 5.29. The summed E-state index contributed by atoms with van der Waals surface area (Å²) in [5.74, 6) is 0.523. The molecule has 0 saturated carbocycles. The van der Waals surface area contributed by atoms with Crippen molar-refractivity contribution in [2.24, 2.45) is 0 Å². The second kappa shape index (κ2) is 2.33. The summed E-state index contributed by atoms with van der Waals surface area (Å²) in [6.07, 6.45) is 5.16. The van der Waals surface area contributed by atoms with E-state index < -0.39 is 0 Å². The molecular weight excluding hydrogens is 255 g/mol. The van der Waals surface area contributed by atoms with E-state index in [0.717, 1.165) is 9.09 Å². The molecule has 0 spiro atoms. The lowest BCUT2D eigenvalue weighted by molar-refractivity contribution is 0.949. The van der Waals surface area contributed by atoms with E-state index in [0.29, 0.717) is 5.82 Å². The van der Waals surface area contributed by atoms with Gasteiger partial charge >= 0.3 is 0 Å². The smallest absolute Gasteiger partial charge is 0.150 e. The zero-order valence-corrected chi connectivity index (χ0v) is 7.69. The van der Waals surface area contributed by atoms with E-state index in [1.807, 2.05) is 0 Å². The first-order valence-corrected chi connectivity index (χ1v) is 4.10. The maximum Gasteiger partial charge on any atom is 0.150 e. The Kier molecular flexibility index (Phi) is 1.45. The summed E-state index contributed by atoms with van der Waals surface area (Å²) < 4.78 is 2.73. The fourth-order valence-corrected chi connectivity index (χ4v) is 1.58. The summed E-state index contributed by atoms with van der Waals surface area (Å²) in [7, 11) is 0. The van der Waals surface area contributed by atoms with Crippen LogP contribution >= 0.6 is 22.6 Å². The number of aromatic nitrogens is 3. The summed E-state index contributed by atoms with van der Waals surface area (Å²) >= 11 is 2.18. The predicted molar refractivity (Wildman–Crippen MR) is 50.1 cm³/mol. The summed E-state index contributed by atoms with van der Waals surface area (Å²) in [6, 6.07) is 0. The molecule has 0 aromatic carbocycles. The third-order valence-corrected chi connectivity index (χ3v) is 2.20. The summed E-state index contributed by atoms with van der Waals surface area (Å²) in [4.78, 5) is 3.95. The van der Waals surface area contributed by atoms with Gasteiger partial charge in [0.2, 0.25) is 0 Å². The summed E-state index contributed by atoms with van der Waals surface area (Å²) in [5.41, 5.74) is 6.51. The predicted octanol–water partition coefficient (Wildman–Crippen LogP) is 0.916. The Morgan fingerprint density at radius 2 is 2.36 bits per heavy atom. The van der Waals surface area contributed by atoms with Crippen LogP contribution in [0.3, 0.4) is 0 Å². The Balaban J connectivity index is 2.96. The molecule has 0 unspecified atom stereocenters. The number of fused-ring (bicyclic) bond motifs is 1. The second-order valence-electron chi connectivity index (χ2n) is 2.10. The van der Waals surface area contributed by atoms with Crippen molar-refractivity contribution < 1.29 is 0 Å². The van der Waals surface area contributed by atoms with Crippen LogP contribution in [0.1, 0.15) is 0 Å². The van der Waals surface area contributed by atoms with E-state index in [-0.39, 0.29) is 0 Å². The van der Waals surface area contributed by atoms with Gasteiger partial charge in [-0.2, -0.15) is 5.10 Å². The average molecular weight is 260 g/mol. The number of hydrogen-bond donors (Lipinski definition) is 1. The number of nitrogens with two attached hydrogens (primary N) is 1. The third kappa shape index (κ3) is 0.953. The highest BCUT2D eigenvalue weighted by atomic mass is 127. The topological polar surface area (TPSA) is 56.2 Å². The van der Waals surface area contributed by atoms with Crippen molar-refractivity contribution in [2.45, 2.75) is 0 Å². The summed E-state index contributed by atoms with van der Waals surface area (Å²) in [5, 5.41) is 4.07. The molecule has 0 atom stereocenters. The molecule has 4 nitrogen and oxygen atoms in total. The van der Waals surface area contributed by atoms with Crippen LogP contribution in [0.25, 0.3) is 5.52 Å². The van der Waals surface area contributed by atoms with E-state index in [1.54, 1.807) is 23.1 Å². The molecule has 2 N–H and O–H groups in total. The van der Waals surface area contributed by atoms with Gasteiger partial charge in [0.25, 0.3) is 0 Å². The highest BCUT2D eigenvalue weighted by molar-refractivity contribution is 14.1. The number of anilines is 1. The Bertz CT molecular complexity index is 394. The fourth-order valence-electron chi connectivity index (χ4n) is 0.932. The standard InChI is InChI=1S/C6H5IN4/c7-4-3-10-11-2-1-9-6(8)5(4)11/h1-3H,(H2,8,9). The normalized spacial score (nSPS) is 10.6. The van der Waals surface area contributed by atoms with Crippen molar-refractivity contribution in [3.05, 3.63) is 22.2 Å². The van der Waals surface area contributed by atoms with Crippen LogP contribution < -0.4 is 5.73 Å². The van der Waals surface area contributed by atoms with Crippen molar-refractivity contribution in [2.75, 3.05) is 5.73 Å². The fraction of sp³-hybridized carbons (Fsp3) is 0. The van der Waals surface area contributed by atoms with E-state index in [1.165, 1.54) is 0 Å². The Hall–Kier alpha value is -0.850. The average Bonchev–Trinajstić information content (AvgIpc) is 2.34. The zero-order valence-electron chi connectivity index (χ0n) is 5.53. The van der Waals surface area contributed by atoms with Crippen LogP contribution in [-0.2, 0) is 0 Å². The molecule has 2 heterocycles. The Morgan fingerprint density at radius 1 is 1.55 bits per heavy atom. The number of hydrogen-bond acceptors (Lipinski definition) is 3. The minimum atomic E-state index is 0.523. The van der Waals surface area contributed by atoms with Crippen LogP contribution in [0.2, 0.25) is 0 Å². The highest BCUT2D eigenvalue weighted by Crippen LogP contribution is 2.16. The van der Waals surface area contributed by atoms with Gasteiger partial charge in [-0.25, -0.2) is 9.50 Å². The Morgan fingerprint density at radius 3 is 3.09 bits per heavy atom. The minimum absolute atomic E-state index is 0.523. The van der Waals surface area contributed by atoms with Crippen molar-refractivity contribution in [3.8, 4) is 0 Å². The zero-order chi connectivity index (χ0) is 7.84. The molecule has 0 saturated heterocycles. The molecular formula is C6H5IN4. The maximum absolute atomic E-state index is 5.62. The lowest BCUT2D eigenvalue weighted by atomic mass is 10.5. The molecule has 11 heavy (non-hydrogen) atoms. The largest absolute Gasteiger partial charge is 0.382 e. The van der Waals surface area contributed by atoms with E-state index in [2.05, 4.69) is 32.7 Å². The van der Waals surface area contributed by atoms with Gasteiger partial charge in [-0.3, -0.25) is 0 Å². The van der Waals surface area contributed by atoms with Gasteiger partial charge in [0.1, 0.15) is 5.52 Å². The van der Waals surface area contributed by atoms with E-state index >= 15 is 0 Å². The van der Waals surface area contributed by atoms with E-state index in [4.69, 9.17) is 5.73 Å². The molecule has 0 fully saturated rings. The van der Waals surface area contributed by atoms with Crippen LogP contribution in [0.15, 0.2) is 18.6 Å². The monoisotopic (exact) mass is 260 g/mol. The van der Waals surface area contributed by atoms with Crippen LogP contribution in [0.5, 0.6) is 0 Å². The Labute approximate surface area is 76.6 Å². The molecule has 0 aliphatic rings. The van der Waals surface area contributed by atoms with Crippen LogP contribution in [-0.4, -0.2) is 14.6 Å². The second-order valence-corrected chi connectivity index (χ2v) is 3.26. The van der Waals surface area contributed by atoms with Crippen LogP contribution in [0.4, 0.5) is 5.82 Å². The highest BCUT2D eigenvalue weighted by Gasteiger charge is 2.03. The van der Waals surface area contributed by atoms with Gasteiger partial charge in [-0.05, 0) is 22.6 Å². The first kappa shape index (κ1) is 6.84. The molecule has 0 amide bonds. The molecule has 0 aliphatic heterocycles. The van der Waals surface area contributed by atoms with E-state index in [9.17, 15) is 0 Å². The quantitative estimate of drug-likeness (QED) is 0.716. The molecule has 0 radical (unpaired) electrons. The van der Waals surface area contributed by atoms with Gasteiger partial charge in [0.05, 0.1) is 9.77 Å². The number of rotatable bonds is 0. The molecule has 56 valence electrons. The molecule has 2 rings (SSSR count). The van der Waals surface area contributed by atoms with Crippen molar-refractivity contribution in [3.63, 3.8) is 0 Å².